The van der Waals surface area contributed by atoms with Gasteiger partial charge >= 0.3 is 6.18 Å². The molecule has 0 atom stereocenters. The highest BCUT2D eigenvalue weighted by Gasteiger charge is 2.44. The summed E-state index contributed by atoms with van der Waals surface area (Å²) in [5.74, 6) is -2.44. The minimum Gasteiger partial charge on any atom is -0.315 e. The first-order valence-corrected chi connectivity index (χ1v) is 2.83. The highest BCUT2D eigenvalue weighted by molar-refractivity contribution is 5.87. The van der Waals surface area contributed by atoms with Crippen LogP contribution in [0.25, 0.3) is 0 Å². The maximum Gasteiger partial charge on any atom is 0.450 e. The van der Waals surface area contributed by atoms with E-state index in [0.29, 0.717) is 0 Å². The lowest BCUT2D eigenvalue weighted by Gasteiger charge is -2.26. The lowest BCUT2D eigenvalue weighted by atomic mass is 9.98. The summed E-state index contributed by atoms with van der Waals surface area (Å²) >= 11 is 0. The molecule has 2 nitrogen and oxygen atoms in total. The molecular weight excluding hydrogens is 147 g/mol. The lowest BCUT2D eigenvalue weighted by Crippen LogP contribution is -2.50. The Kier molecular flexibility index (Phi) is 1.68. The molecule has 1 fully saturated rings. The van der Waals surface area contributed by atoms with Crippen molar-refractivity contribution in [1.82, 2.24) is 5.32 Å². The molecular formula is C5H6F3NO. The molecule has 1 saturated heterocycles. The van der Waals surface area contributed by atoms with Gasteiger partial charge in [-0.3, -0.25) is 4.79 Å². The standard InChI is InChI=1S/C5H6F3NO/c6-5(7,8)4(10)3-1-9-2-3/h3,9H,1-2H2. The van der Waals surface area contributed by atoms with E-state index in [2.05, 4.69) is 5.32 Å². The first-order valence-electron chi connectivity index (χ1n) is 2.83. The summed E-state index contributed by atoms with van der Waals surface area (Å²) < 4.78 is 34.6. The predicted molar refractivity (Wildman–Crippen MR) is 27.4 cm³/mol. The van der Waals surface area contributed by atoms with Gasteiger partial charge in [0, 0.05) is 13.1 Å². The van der Waals surface area contributed by atoms with Crippen LogP contribution in [0.2, 0.25) is 0 Å². The molecule has 1 aliphatic heterocycles. The number of hydrogen-bond acceptors (Lipinski definition) is 2. The third-order valence-corrected chi connectivity index (χ3v) is 1.43. The number of ketones is 1. The molecule has 0 saturated carbocycles. The Bertz CT molecular complexity index is 149. The summed E-state index contributed by atoms with van der Waals surface area (Å²) in [6, 6.07) is 0. The molecule has 0 aromatic carbocycles. The summed E-state index contributed by atoms with van der Waals surface area (Å²) in [5.41, 5.74) is 0. The fraction of sp³-hybridized carbons (Fsp3) is 0.800. The van der Waals surface area contributed by atoms with Gasteiger partial charge in [0.2, 0.25) is 5.78 Å². The lowest BCUT2D eigenvalue weighted by molar-refractivity contribution is -0.177. The van der Waals surface area contributed by atoms with Crippen LogP contribution in [-0.4, -0.2) is 25.0 Å². The van der Waals surface area contributed by atoms with Gasteiger partial charge in [-0.15, -0.1) is 0 Å². The second-order valence-electron chi connectivity index (χ2n) is 2.22. The van der Waals surface area contributed by atoms with E-state index < -0.39 is 17.9 Å². The van der Waals surface area contributed by atoms with E-state index >= 15 is 0 Å². The first-order chi connectivity index (χ1) is 4.52. The Morgan fingerprint density at radius 1 is 1.40 bits per heavy atom. The summed E-state index contributed by atoms with van der Waals surface area (Å²) in [5, 5.41) is 2.59. The fourth-order valence-corrected chi connectivity index (χ4v) is 0.706. The van der Waals surface area contributed by atoms with E-state index in [1.165, 1.54) is 0 Å². The minimum absolute atomic E-state index is 0.165. The molecule has 10 heavy (non-hydrogen) atoms. The summed E-state index contributed by atoms with van der Waals surface area (Å²) in [7, 11) is 0. The van der Waals surface area contributed by atoms with Crippen LogP contribution in [0.4, 0.5) is 13.2 Å². The Morgan fingerprint density at radius 2 is 1.90 bits per heavy atom. The van der Waals surface area contributed by atoms with Crippen LogP contribution in [0.5, 0.6) is 0 Å². The van der Waals surface area contributed by atoms with Crippen molar-refractivity contribution in [3.05, 3.63) is 0 Å². The van der Waals surface area contributed by atoms with Gasteiger partial charge in [0.25, 0.3) is 0 Å². The molecule has 0 aromatic heterocycles. The predicted octanol–water partition coefficient (Wildman–Crippen LogP) is 0.337. The molecule has 0 spiro atoms. The Morgan fingerprint density at radius 3 is 2.00 bits per heavy atom. The van der Waals surface area contributed by atoms with Crippen LogP contribution in [0, 0.1) is 5.92 Å². The van der Waals surface area contributed by atoms with Crippen molar-refractivity contribution in [2.45, 2.75) is 6.18 Å². The van der Waals surface area contributed by atoms with Gasteiger partial charge in [0.05, 0.1) is 5.92 Å². The monoisotopic (exact) mass is 153 g/mol. The van der Waals surface area contributed by atoms with Gasteiger partial charge in [0.1, 0.15) is 0 Å². The molecule has 5 heteroatoms. The van der Waals surface area contributed by atoms with Crippen LogP contribution >= 0.6 is 0 Å². The van der Waals surface area contributed by atoms with E-state index in [1.807, 2.05) is 0 Å². The Hall–Kier alpha value is -0.580. The zero-order valence-corrected chi connectivity index (χ0v) is 5.03. The second kappa shape index (κ2) is 2.23. The second-order valence-corrected chi connectivity index (χ2v) is 2.22. The number of carbonyl (C=O) groups excluding carboxylic acids is 1. The quantitative estimate of drug-likeness (QED) is 0.588. The van der Waals surface area contributed by atoms with Gasteiger partial charge in [0.15, 0.2) is 0 Å². The Balaban J connectivity index is 2.48. The van der Waals surface area contributed by atoms with Gasteiger partial charge in [-0.05, 0) is 0 Å². The summed E-state index contributed by atoms with van der Waals surface area (Å²) in [6.07, 6.45) is -4.65. The molecule has 0 aromatic rings. The summed E-state index contributed by atoms with van der Waals surface area (Å²) in [4.78, 5) is 10.3. The van der Waals surface area contributed by atoms with Crippen molar-refractivity contribution in [3.8, 4) is 0 Å². The molecule has 0 radical (unpaired) electrons. The molecule has 58 valence electrons. The smallest absolute Gasteiger partial charge is 0.315 e. The van der Waals surface area contributed by atoms with Crippen molar-refractivity contribution >= 4 is 5.78 Å². The maximum atomic E-state index is 11.5. The van der Waals surface area contributed by atoms with E-state index in [1.54, 1.807) is 0 Å². The number of rotatable bonds is 1. The van der Waals surface area contributed by atoms with Crippen molar-refractivity contribution in [1.29, 1.82) is 0 Å². The molecule has 0 amide bonds. The van der Waals surface area contributed by atoms with E-state index in [0.717, 1.165) is 0 Å². The largest absolute Gasteiger partial charge is 0.450 e. The maximum absolute atomic E-state index is 11.5. The van der Waals surface area contributed by atoms with Crippen molar-refractivity contribution < 1.29 is 18.0 Å². The van der Waals surface area contributed by atoms with Crippen molar-refractivity contribution in [3.63, 3.8) is 0 Å². The van der Waals surface area contributed by atoms with Crippen LogP contribution in [-0.2, 0) is 4.79 Å². The topological polar surface area (TPSA) is 29.1 Å². The first kappa shape index (κ1) is 7.53. The number of Topliss-reactive ketones (excluding diaryl/α,β-unsaturated/α-hetero) is 1. The number of carbonyl (C=O) groups is 1. The number of halogens is 3. The molecule has 1 heterocycles. The van der Waals surface area contributed by atoms with Gasteiger partial charge in [-0.2, -0.15) is 13.2 Å². The molecule has 1 N–H and O–H groups in total. The van der Waals surface area contributed by atoms with Gasteiger partial charge in [-0.25, -0.2) is 0 Å². The highest BCUT2D eigenvalue weighted by Crippen LogP contribution is 2.22. The van der Waals surface area contributed by atoms with Gasteiger partial charge in [-0.1, -0.05) is 0 Å². The van der Waals surface area contributed by atoms with Crippen LogP contribution < -0.4 is 5.32 Å². The van der Waals surface area contributed by atoms with Crippen LogP contribution in [0.15, 0.2) is 0 Å². The normalized spacial score (nSPS) is 20.3. The van der Waals surface area contributed by atoms with Crippen molar-refractivity contribution in [2.75, 3.05) is 13.1 Å². The number of nitrogens with one attached hydrogen (secondary N) is 1. The number of hydrogen-bond donors (Lipinski definition) is 1. The highest BCUT2D eigenvalue weighted by atomic mass is 19.4. The molecule has 0 aliphatic carbocycles. The average Bonchev–Trinajstić information content (AvgIpc) is 1.57. The molecule has 0 bridgehead atoms. The zero-order chi connectivity index (χ0) is 7.78. The van der Waals surface area contributed by atoms with Crippen LogP contribution in [0.3, 0.4) is 0 Å². The van der Waals surface area contributed by atoms with Crippen LogP contribution in [0.1, 0.15) is 0 Å². The van der Waals surface area contributed by atoms with Gasteiger partial charge < -0.3 is 5.32 Å². The van der Waals surface area contributed by atoms with E-state index in [-0.39, 0.29) is 13.1 Å². The fourth-order valence-electron chi connectivity index (χ4n) is 0.706. The third-order valence-electron chi connectivity index (χ3n) is 1.43. The number of alkyl halides is 3. The average molecular weight is 153 g/mol. The summed E-state index contributed by atoms with van der Waals surface area (Å²) in [6.45, 7) is 0.330. The zero-order valence-electron chi connectivity index (χ0n) is 5.03. The molecule has 1 aliphatic rings. The molecule has 0 unspecified atom stereocenters. The molecule has 1 rings (SSSR count). The Labute approximate surface area is 55.4 Å². The van der Waals surface area contributed by atoms with E-state index in [9.17, 15) is 18.0 Å². The SMILES string of the molecule is O=C(C1CNC1)C(F)(F)F. The third kappa shape index (κ3) is 1.29. The van der Waals surface area contributed by atoms with Crippen molar-refractivity contribution in [2.24, 2.45) is 5.92 Å². The van der Waals surface area contributed by atoms with E-state index in [4.69, 9.17) is 0 Å². The minimum atomic E-state index is -4.65.